The van der Waals surface area contributed by atoms with Crippen LogP contribution in [0.5, 0.6) is 0 Å². The molecule has 0 bridgehead atoms. The SMILES string of the molecule is [CH2-]C1([CH2-])CC2(C1)c1cc(Br)ccc1-c1ccc(Br)cc12.[CH2-]CCC1(CC[CH2-])c2cc(Br)ccc2-c2cc3c(cc21)-c1ccc(Br)cc1C3(CC[CH2-])CC[CH2-].[CH2-]CCC1(CC[CH2-])c2cc(C)ccc2-c2cc3c(cc21)-c1ccc(-c2ccc4c(c2)C2(CC([CH2-])([CH2-])C2)c2cc(C)ccc2-4)cc1C3(CC[CH2-])CC[CH2-].[W].[W].[W].[W].[W].[W].[W].[W].[W].[W].[W].[W]. The van der Waals surface area contributed by atoms with Crippen LogP contribution in [-0.2, 0) is 285 Å². The quantitative estimate of drug-likeness (QED) is 0.0797. The maximum atomic E-state index is 4.49. The first-order chi connectivity index (χ1) is 50.9. The van der Waals surface area contributed by atoms with E-state index in [1.165, 1.54) is 156 Å². The number of rotatable bonds is 17. The van der Waals surface area contributed by atoms with E-state index in [1.807, 2.05) is 0 Å². The number of fused-ring (bicyclic) bond motifs is 22. The molecule has 0 saturated heterocycles. The van der Waals surface area contributed by atoms with Crippen LogP contribution in [0.15, 0.2) is 188 Å². The van der Waals surface area contributed by atoms with E-state index in [2.05, 4.69) is 331 Å². The Balaban J connectivity index is 0.000000386. The predicted molar refractivity (Wildman–Crippen MR) is 464 cm³/mol. The topological polar surface area (TPSA) is 0 Å². The molecule has 0 nitrogen and oxygen atoms in total. The minimum atomic E-state index is -0.140. The largest absolute Gasteiger partial charge is 0.367 e. The molecule has 0 aromatic heterocycles. The number of aryl methyl sites for hydroxylation is 2. The van der Waals surface area contributed by atoms with E-state index in [0.717, 1.165) is 146 Å². The van der Waals surface area contributed by atoms with Crippen LogP contribution in [0.25, 0.3) is 77.9 Å². The minimum absolute atomic E-state index is 0. The first-order valence-electron chi connectivity index (χ1n) is 38.8. The van der Waals surface area contributed by atoms with Crippen molar-refractivity contribution in [2.75, 3.05) is 0 Å². The molecule has 0 amide bonds. The minimum Gasteiger partial charge on any atom is -0.367 e. The molecule has 618 valence electrons. The predicted octanol–water partition coefficient (Wildman–Crippen LogP) is 29.8. The van der Waals surface area contributed by atoms with Crippen LogP contribution in [0.3, 0.4) is 0 Å². The van der Waals surface area contributed by atoms with E-state index in [4.69, 9.17) is 0 Å². The number of hydrogen-bond donors (Lipinski definition) is 0. The van der Waals surface area contributed by atoms with Gasteiger partial charge >= 0.3 is 0 Å². The maximum Gasteiger partial charge on any atom is 0.0178 e. The Bertz CT molecular complexity index is 5040. The van der Waals surface area contributed by atoms with Gasteiger partial charge in [-0.2, -0.15) is 51.4 Å². The molecular weight excluding hydrogens is 3750 g/mol. The van der Waals surface area contributed by atoms with Gasteiger partial charge < -0.3 is 83.1 Å². The van der Waals surface area contributed by atoms with Gasteiger partial charge in [0.25, 0.3) is 0 Å². The summed E-state index contributed by atoms with van der Waals surface area (Å²) in [6, 6.07) is 65.9. The Morgan fingerprint density at radius 1 is 0.220 bits per heavy atom. The van der Waals surface area contributed by atoms with Crippen LogP contribution in [0.2, 0.25) is 0 Å². The smallest absolute Gasteiger partial charge is 0.0178 e. The molecule has 0 unspecified atom stereocenters. The average Bonchev–Trinajstić information content (AvgIpc) is 1.52. The molecule has 0 N–H and O–H groups in total. The molecule has 0 heterocycles. The fraction of sp³-hybridized carbons (Fsp3) is 0.294. The normalized spacial score (nSPS) is 16.2. The molecule has 0 aliphatic heterocycles. The molecule has 0 atom stereocenters. The number of halogens is 4. The van der Waals surface area contributed by atoms with E-state index < -0.39 is 0 Å². The zero-order valence-electron chi connectivity index (χ0n) is 67.2. The summed E-state index contributed by atoms with van der Waals surface area (Å²) in [6.07, 6.45) is 19.4. The third-order valence-corrected chi connectivity index (χ3v) is 28.4. The fourth-order valence-electron chi connectivity index (χ4n) is 22.7. The summed E-state index contributed by atoms with van der Waals surface area (Å²) in [5.41, 5.74) is 39.0. The van der Waals surface area contributed by atoms with E-state index in [9.17, 15) is 0 Å². The van der Waals surface area contributed by atoms with Crippen LogP contribution in [-0.4, -0.2) is 0 Å². The van der Waals surface area contributed by atoms with Gasteiger partial charge in [-0.15, -0.1) is 0 Å². The van der Waals surface area contributed by atoms with Crippen molar-refractivity contribution in [2.45, 2.75) is 175 Å². The van der Waals surface area contributed by atoms with Crippen molar-refractivity contribution in [1.29, 1.82) is 0 Å². The Morgan fingerprint density at radius 2 is 0.398 bits per heavy atom. The molecule has 2 saturated carbocycles. The van der Waals surface area contributed by atoms with Crippen LogP contribution in [0.1, 0.15) is 206 Å². The molecule has 16 heteroatoms. The van der Waals surface area contributed by atoms with Crippen molar-refractivity contribution in [2.24, 2.45) is 10.8 Å². The van der Waals surface area contributed by atoms with Gasteiger partial charge in [-0.1, -0.05) is 237 Å². The zero-order valence-corrected chi connectivity index (χ0v) is 109. The van der Waals surface area contributed by atoms with Crippen molar-refractivity contribution < 1.29 is 253 Å². The first-order valence-corrected chi connectivity index (χ1v) is 42.0. The van der Waals surface area contributed by atoms with Crippen LogP contribution < -0.4 is 0 Å². The Labute approximate surface area is 914 Å². The summed E-state index contributed by atoms with van der Waals surface area (Å²) in [5, 5.41) is 0. The summed E-state index contributed by atoms with van der Waals surface area (Å²) in [5.74, 6) is 0. The summed E-state index contributed by atoms with van der Waals surface area (Å²) in [7, 11) is 0. The van der Waals surface area contributed by atoms with Gasteiger partial charge in [0.05, 0.1) is 0 Å². The molecule has 18 rings (SSSR count). The molecule has 0 radical (unpaired) electrons. The van der Waals surface area contributed by atoms with E-state index >= 15 is 0 Å². The molecule has 118 heavy (non-hydrogen) atoms. The second kappa shape index (κ2) is 44.3. The first kappa shape index (κ1) is 113. The standard InChI is InChI=1S/C52H52.C32H32Br2.C18H14Br2.12W/c1-9-21-50(22-10-2)43-25-33(5)14-18-39(43)41-29-48-42(30-47(41)50)40-20-16-35(27-45(40)51(48,23-11-3)24-12-4)36-15-19-38-37-17-13-34(6)26-44(37)52(46(38)28-36)31-49(7,8)32-52;1-5-13-31(14-6-2)27-17-21(33)9-11-23(27)25-20-30-26(19-29(25)31)24-12-10-22(34)18-28(24)32(30,15-7-3)16-8-4;1-17(2)9-18(10-17)15-7-11(19)3-5-13(15)14-6-4-12(20)8-16(14)18;;;;;;;;;;;;/h13-20,25-30H,1-4,7-12,21-24,31-32H2,5-6H3;9-12,17-20H,1-8,13-16H2;3-8H,1-2,9-10H2;;;;;;;;;;;;/q-6;-4;-2;;;;;;;;;;;;. The summed E-state index contributed by atoms with van der Waals surface area (Å²) in [6.45, 7) is 56.7. The van der Waals surface area contributed by atoms with Gasteiger partial charge in [0.1, 0.15) is 0 Å². The molecule has 8 aliphatic carbocycles. The van der Waals surface area contributed by atoms with E-state index in [-0.39, 0.29) is 296 Å². The third kappa shape index (κ3) is 18.8. The summed E-state index contributed by atoms with van der Waals surface area (Å²) in [4.78, 5) is 0. The maximum absolute atomic E-state index is 4.49. The van der Waals surface area contributed by atoms with Crippen molar-refractivity contribution in [3.63, 3.8) is 0 Å². The third-order valence-electron chi connectivity index (χ3n) is 26.4. The zero-order chi connectivity index (χ0) is 74.4. The van der Waals surface area contributed by atoms with Crippen LogP contribution in [0, 0.1) is 108 Å². The Kier molecular flexibility index (Phi) is 42.3. The molecular formula is C102H98Br4W12-12. The summed E-state index contributed by atoms with van der Waals surface area (Å²) < 4.78 is 4.58. The van der Waals surface area contributed by atoms with Gasteiger partial charge in [0, 0.05) is 303 Å². The monoisotopic (exact) mass is 3850 g/mol. The second-order valence-electron chi connectivity index (χ2n) is 33.3. The number of hydrogen-bond acceptors (Lipinski definition) is 0. The Morgan fingerprint density at radius 3 is 0.653 bits per heavy atom. The van der Waals surface area contributed by atoms with Crippen molar-refractivity contribution in [3.05, 3.63) is 349 Å². The van der Waals surface area contributed by atoms with Gasteiger partial charge in [0.15, 0.2) is 0 Å². The molecule has 2 fully saturated rings. The van der Waals surface area contributed by atoms with Gasteiger partial charge in [-0.3, -0.25) is 10.8 Å². The van der Waals surface area contributed by atoms with Crippen LogP contribution >= 0.6 is 63.7 Å². The molecule has 10 aromatic rings. The molecule has 10 aromatic carbocycles. The average molecular weight is 3850 g/mol. The Hall–Kier alpha value is 2.38. The van der Waals surface area contributed by atoms with Gasteiger partial charge in [0.2, 0.25) is 0 Å². The van der Waals surface area contributed by atoms with E-state index in [1.54, 1.807) is 0 Å². The fourth-order valence-corrected chi connectivity index (χ4v) is 24.2. The van der Waals surface area contributed by atoms with Crippen LogP contribution in [0.4, 0.5) is 0 Å². The van der Waals surface area contributed by atoms with Crippen molar-refractivity contribution in [3.8, 4) is 77.9 Å². The van der Waals surface area contributed by atoms with Crippen molar-refractivity contribution in [1.82, 2.24) is 0 Å². The molecule has 8 aliphatic rings. The second-order valence-corrected chi connectivity index (χ2v) is 37.0. The molecule has 2 spiro atoms. The summed E-state index contributed by atoms with van der Waals surface area (Å²) >= 11 is 14.7. The van der Waals surface area contributed by atoms with Gasteiger partial charge in [-0.25, -0.2) is 0 Å². The number of benzene rings is 10. The van der Waals surface area contributed by atoms with Crippen molar-refractivity contribution >= 4 is 63.7 Å². The van der Waals surface area contributed by atoms with E-state index in [0.29, 0.717) is 0 Å². The van der Waals surface area contributed by atoms with Gasteiger partial charge in [-0.05, 0) is 243 Å².